The minimum atomic E-state index is -0.756. The van der Waals surface area contributed by atoms with E-state index in [4.69, 9.17) is 0 Å². The van der Waals surface area contributed by atoms with Gasteiger partial charge in [0.25, 0.3) is 5.91 Å². The van der Waals surface area contributed by atoms with E-state index in [1.165, 1.54) is 19.2 Å². The molecule has 0 saturated heterocycles. The van der Waals surface area contributed by atoms with Crippen LogP contribution in [0.15, 0.2) is 54.6 Å². The molecule has 32 heavy (non-hydrogen) atoms. The fraction of sp³-hybridized carbons (Fsp3) is 0.304. The number of ether oxygens (including phenoxy) is 1. The summed E-state index contributed by atoms with van der Waals surface area (Å²) in [6.07, 6.45) is 0. The second-order valence-corrected chi connectivity index (χ2v) is 7.36. The van der Waals surface area contributed by atoms with Crippen molar-refractivity contribution in [2.24, 2.45) is 5.92 Å². The summed E-state index contributed by atoms with van der Waals surface area (Å²) in [5.74, 6) is -1.52. The highest BCUT2D eigenvalue weighted by molar-refractivity contribution is 5.99. The SMILES string of the molecule is COC(=O)CNC(=O)c1ccc(NC(=O)C(NC(=O)NCc2ccccc2)C(C)C)cc1. The van der Waals surface area contributed by atoms with E-state index in [1.54, 1.807) is 12.1 Å². The Labute approximate surface area is 186 Å². The first kappa shape index (κ1) is 24.4. The molecule has 2 rings (SSSR count). The van der Waals surface area contributed by atoms with Gasteiger partial charge in [-0.2, -0.15) is 0 Å². The molecule has 0 bridgehead atoms. The van der Waals surface area contributed by atoms with Crippen molar-refractivity contribution in [3.8, 4) is 0 Å². The first-order valence-corrected chi connectivity index (χ1v) is 10.1. The van der Waals surface area contributed by atoms with Crippen LogP contribution in [0.1, 0.15) is 29.8 Å². The molecule has 0 aliphatic carbocycles. The largest absolute Gasteiger partial charge is 0.468 e. The smallest absolute Gasteiger partial charge is 0.325 e. The Hall–Kier alpha value is -3.88. The van der Waals surface area contributed by atoms with Crippen molar-refractivity contribution in [3.05, 3.63) is 65.7 Å². The number of hydrogen-bond acceptors (Lipinski definition) is 5. The summed E-state index contributed by atoms with van der Waals surface area (Å²) in [6.45, 7) is 3.77. The summed E-state index contributed by atoms with van der Waals surface area (Å²) in [5, 5.41) is 10.6. The number of carbonyl (C=O) groups excluding carboxylic acids is 4. The zero-order valence-electron chi connectivity index (χ0n) is 18.3. The molecule has 4 N–H and O–H groups in total. The molecule has 1 unspecified atom stereocenters. The van der Waals surface area contributed by atoms with E-state index in [0.29, 0.717) is 17.8 Å². The Balaban J connectivity index is 1.90. The van der Waals surface area contributed by atoms with Crippen LogP contribution in [0.3, 0.4) is 0 Å². The van der Waals surface area contributed by atoms with Crippen molar-refractivity contribution in [3.63, 3.8) is 0 Å². The summed E-state index contributed by atoms with van der Waals surface area (Å²) in [5.41, 5.74) is 1.74. The normalized spacial score (nSPS) is 11.2. The predicted octanol–water partition coefficient (Wildman–Crippen LogP) is 2.05. The minimum Gasteiger partial charge on any atom is -0.468 e. The van der Waals surface area contributed by atoms with Crippen LogP contribution in [0.4, 0.5) is 10.5 Å². The Morgan fingerprint density at radius 2 is 1.56 bits per heavy atom. The van der Waals surface area contributed by atoms with Crippen LogP contribution in [-0.4, -0.2) is 43.5 Å². The van der Waals surface area contributed by atoms with Gasteiger partial charge in [0.05, 0.1) is 7.11 Å². The van der Waals surface area contributed by atoms with Crippen molar-refractivity contribution < 1.29 is 23.9 Å². The van der Waals surface area contributed by atoms with Crippen LogP contribution >= 0.6 is 0 Å². The second kappa shape index (κ2) is 12.1. The minimum absolute atomic E-state index is 0.152. The van der Waals surface area contributed by atoms with Gasteiger partial charge < -0.3 is 26.0 Å². The van der Waals surface area contributed by atoms with E-state index in [2.05, 4.69) is 26.0 Å². The molecule has 0 aliphatic heterocycles. The molecule has 9 nitrogen and oxygen atoms in total. The maximum Gasteiger partial charge on any atom is 0.325 e. The fourth-order valence-corrected chi connectivity index (χ4v) is 2.76. The van der Waals surface area contributed by atoms with Gasteiger partial charge in [0, 0.05) is 17.8 Å². The van der Waals surface area contributed by atoms with Crippen molar-refractivity contribution in [1.29, 1.82) is 0 Å². The molecule has 0 heterocycles. The highest BCUT2D eigenvalue weighted by atomic mass is 16.5. The fourth-order valence-electron chi connectivity index (χ4n) is 2.76. The molecule has 1 atom stereocenters. The van der Waals surface area contributed by atoms with Gasteiger partial charge in [-0.15, -0.1) is 0 Å². The average Bonchev–Trinajstić information content (AvgIpc) is 2.80. The van der Waals surface area contributed by atoms with Crippen molar-refractivity contribution in [2.75, 3.05) is 19.0 Å². The number of methoxy groups -OCH3 is 1. The molecule has 0 aromatic heterocycles. The standard InChI is InChI=1S/C23H28N4O5/c1-15(2)20(27-23(31)25-13-16-7-5-4-6-8-16)22(30)26-18-11-9-17(10-12-18)21(29)24-14-19(28)32-3/h4-12,15,20H,13-14H2,1-3H3,(H,24,29)(H,26,30)(H2,25,27,31). The van der Waals surface area contributed by atoms with Crippen LogP contribution in [-0.2, 0) is 20.9 Å². The van der Waals surface area contributed by atoms with Crippen molar-refractivity contribution in [2.45, 2.75) is 26.4 Å². The number of carbonyl (C=O) groups is 4. The number of rotatable bonds is 9. The van der Waals surface area contributed by atoms with Gasteiger partial charge in [-0.1, -0.05) is 44.2 Å². The highest BCUT2D eigenvalue weighted by Gasteiger charge is 2.24. The zero-order chi connectivity index (χ0) is 23.5. The van der Waals surface area contributed by atoms with Gasteiger partial charge in [0.2, 0.25) is 5.91 Å². The Bertz CT molecular complexity index is 929. The molecule has 0 fully saturated rings. The molecule has 0 radical (unpaired) electrons. The monoisotopic (exact) mass is 440 g/mol. The molecule has 0 aliphatic rings. The van der Waals surface area contributed by atoms with Crippen LogP contribution in [0.25, 0.3) is 0 Å². The number of esters is 1. The number of urea groups is 1. The van der Waals surface area contributed by atoms with Gasteiger partial charge >= 0.3 is 12.0 Å². The molecular formula is C23H28N4O5. The summed E-state index contributed by atoms with van der Waals surface area (Å²) >= 11 is 0. The summed E-state index contributed by atoms with van der Waals surface area (Å²) in [4.78, 5) is 48.1. The van der Waals surface area contributed by atoms with E-state index in [0.717, 1.165) is 5.56 Å². The maximum absolute atomic E-state index is 12.7. The number of hydrogen-bond donors (Lipinski definition) is 4. The number of nitrogens with one attached hydrogen (secondary N) is 4. The number of benzene rings is 2. The van der Waals surface area contributed by atoms with Crippen LogP contribution < -0.4 is 21.3 Å². The quantitative estimate of drug-likeness (QED) is 0.444. The maximum atomic E-state index is 12.7. The van der Waals surface area contributed by atoms with Gasteiger partial charge in [0.1, 0.15) is 12.6 Å². The van der Waals surface area contributed by atoms with Gasteiger partial charge in [0.15, 0.2) is 0 Å². The third-order valence-electron chi connectivity index (χ3n) is 4.57. The van der Waals surface area contributed by atoms with E-state index in [9.17, 15) is 19.2 Å². The van der Waals surface area contributed by atoms with Gasteiger partial charge in [-0.3, -0.25) is 14.4 Å². The van der Waals surface area contributed by atoms with E-state index >= 15 is 0 Å². The first-order chi connectivity index (χ1) is 15.3. The highest BCUT2D eigenvalue weighted by Crippen LogP contribution is 2.12. The Kier molecular flexibility index (Phi) is 9.22. The molecule has 2 aromatic carbocycles. The van der Waals surface area contributed by atoms with Crippen LogP contribution in [0, 0.1) is 5.92 Å². The number of anilines is 1. The molecule has 4 amide bonds. The summed E-state index contributed by atoms with van der Waals surface area (Å²) in [7, 11) is 1.23. The van der Waals surface area contributed by atoms with Gasteiger partial charge in [-0.05, 0) is 35.7 Å². The molecule has 170 valence electrons. The Morgan fingerprint density at radius 1 is 0.906 bits per heavy atom. The van der Waals surface area contributed by atoms with Crippen molar-refractivity contribution >= 4 is 29.5 Å². The zero-order valence-corrected chi connectivity index (χ0v) is 18.3. The predicted molar refractivity (Wildman–Crippen MR) is 120 cm³/mol. The van der Waals surface area contributed by atoms with E-state index < -0.39 is 23.9 Å². The van der Waals surface area contributed by atoms with Crippen LogP contribution in [0.2, 0.25) is 0 Å². The molecule has 0 saturated carbocycles. The lowest BCUT2D eigenvalue weighted by atomic mass is 10.0. The molecule has 9 heteroatoms. The third-order valence-corrected chi connectivity index (χ3v) is 4.57. The summed E-state index contributed by atoms with van der Waals surface area (Å²) in [6, 6.07) is 14.4. The lowest BCUT2D eigenvalue weighted by molar-refractivity contribution is -0.139. The average molecular weight is 441 g/mol. The molecule has 0 spiro atoms. The van der Waals surface area contributed by atoms with E-state index in [-0.39, 0.29) is 18.4 Å². The molecule has 2 aromatic rings. The Morgan fingerprint density at radius 3 is 2.16 bits per heavy atom. The van der Waals surface area contributed by atoms with Crippen LogP contribution in [0.5, 0.6) is 0 Å². The topological polar surface area (TPSA) is 126 Å². The molecular weight excluding hydrogens is 412 g/mol. The van der Waals surface area contributed by atoms with Gasteiger partial charge in [-0.25, -0.2) is 4.79 Å². The first-order valence-electron chi connectivity index (χ1n) is 10.1. The third kappa shape index (κ3) is 7.75. The lowest BCUT2D eigenvalue weighted by Crippen LogP contribution is -2.50. The van der Waals surface area contributed by atoms with Crippen molar-refractivity contribution in [1.82, 2.24) is 16.0 Å². The number of amides is 4. The second-order valence-electron chi connectivity index (χ2n) is 7.36. The van der Waals surface area contributed by atoms with E-state index in [1.807, 2.05) is 44.2 Å². The summed E-state index contributed by atoms with van der Waals surface area (Å²) < 4.78 is 4.47. The lowest BCUT2D eigenvalue weighted by Gasteiger charge is -2.22.